The van der Waals surface area contributed by atoms with Crippen LogP contribution in [0.5, 0.6) is 0 Å². The normalized spacial score (nSPS) is 9.00. The largest absolute Gasteiger partial charge is 0.316 e. The minimum absolute atomic E-state index is 0. The molecule has 4 N–H and O–H groups in total. The highest BCUT2D eigenvalue weighted by Crippen LogP contribution is 2.02. The lowest BCUT2D eigenvalue weighted by atomic mass is 10.1. The molecule has 0 aliphatic carbocycles. The average Bonchev–Trinajstić information content (AvgIpc) is 1.61. The zero-order valence-electron chi connectivity index (χ0n) is 6.54. The van der Waals surface area contributed by atoms with Crippen molar-refractivity contribution >= 4 is 24.8 Å². The van der Waals surface area contributed by atoms with Crippen LogP contribution in [0.3, 0.4) is 0 Å². The van der Waals surface area contributed by atoms with Crippen molar-refractivity contribution in [2.45, 2.75) is 32.9 Å². The van der Waals surface area contributed by atoms with E-state index in [1.54, 1.807) is 0 Å². The van der Waals surface area contributed by atoms with Gasteiger partial charge in [0.15, 0.2) is 0 Å². The van der Waals surface area contributed by atoms with Crippen LogP contribution in [0.1, 0.15) is 26.7 Å². The van der Waals surface area contributed by atoms with Crippen molar-refractivity contribution < 1.29 is 0 Å². The monoisotopic (exact) mass is 188 g/mol. The van der Waals surface area contributed by atoms with E-state index >= 15 is 0 Å². The Morgan fingerprint density at radius 3 is 1.50 bits per heavy atom. The Morgan fingerprint density at radius 2 is 1.40 bits per heavy atom. The summed E-state index contributed by atoms with van der Waals surface area (Å²) < 4.78 is 0. The predicted octanol–water partition coefficient (Wildman–Crippen LogP) is 1.51. The predicted molar refractivity (Wildman–Crippen MR) is 50.7 cm³/mol. The maximum atomic E-state index is 5.32. The summed E-state index contributed by atoms with van der Waals surface area (Å²) in [6.45, 7) is 4.34. The highest BCUT2D eigenvalue weighted by atomic mass is 35.5. The molecule has 0 aromatic rings. The summed E-state index contributed by atoms with van der Waals surface area (Å²) in [5, 5.41) is 0. The van der Waals surface area contributed by atoms with Crippen molar-refractivity contribution in [3.63, 3.8) is 0 Å². The molecule has 0 aliphatic heterocycles. The van der Waals surface area contributed by atoms with E-state index in [-0.39, 0.29) is 31.0 Å². The van der Waals surface area contributed by atoms with E-state index in [4.69, 9.17) is 11.5 Å². The average molecular weight is 189 g/mol. The van der Waals surface area contributed by atoms with Crippen LogP contribution in [0, 0.1) is 5.92 Å². The van der Waals surface area contributed by atoms with E-state index < -0.39 is 0 Å². The Labute approximate surface area is 75.5 Å². The molecule has 0 saturated carbocycles. The molecule has 0 amide bonds. The van der Waals surface area contributed by atoms with E-state index in [0.717, 1.165) is 18.8 Å². The molecule has 0 bridgehead atoms. The third-order valence-electron chi connectivity index (χ3n) is 1.08. The quantitative estimate of drug-likeness (QED) is 0.661. The highest BCUT2D eigenvalue weighted by molar-refractivity contribution is 5.85. The molecule has 10 heavy (non-hydrogen) atoms. The van der Waals surface area contributed by atoms with Crippen molar-refractivity contribution in [3.8, 4) is 0 Å². The molecule has 0 rings (SSSR count). The van der Waals surface area contributed by atoms with Crippen LogP contribution in [0.15, 0.2) is 0 Å². The molecule has 0 aliphatic rings. The van der Waals surface area contributed by atoms with Gasteiger partial charge in [0.05, 0.1) is 6.17 Å². The molecule has 2 nitrogen and oxygen atoms in total. The van der Waals surface area contributed by atoms with Crippen LogP contribution >= 0.6 is 24.8 Å². The SMILES string of the molecule is CC(C)CCC(N)N.Cl.Cl. The summed E-state index contributed by atoms with van der Waals surface area (Å²) in [7, 11) is 0. The number of hydrogen-bond donors (Lipinski definition) is 2. The third-order valence-corrected chi connectivity index (χ3v) is 1.08. The van der Waals surface area contributed by atoms with Gasteiger partial charge in [0.2, 0.25) is 0 Å². The van der Waals surface area contributed by atoms with Gasteiger partial charge in [0.25, 0.3) is 0 Å². The maximum Gasteiger partial charge on any atom is 0.0520 e. The Balaban J connectivity index is -0.000000245. The second kappa shape index (κ2) is 9.50. The van der Waals surface area contributed by atoms with Crippen molar-refractivity contribution in [1.29, 1.82) is 0 Å². The first-order valence-corrected chi connectivity index (χ1v) is 3.14. The summed E-state index contributed by atoms with van der Waals surface area (Å²) in [5.74, 6) is 0.726. The van der Waals surface area contributed by atoms with Gasteiger partial charge in [-0.2, -0.15) is 0 Å². The van der Waals surface area contributed by atoms with Gasteiger partial charge in [0, 0.05) is 0 Å². The second-order valence-corrected chi connectivity index (χ2v) is 2.64. The maximum absolute atomic E-state index is 5.32. The number of rotatable bonds is 3. The summed E-state index contributed by atoms with van der Waals surface area (Å²) in [6, 6.07) is 0. The smallest absolute Gasteiger partial charge is 0.0520 e. The first-order chi connectivity index (χ1) is 3.63. The lowest BCUT2D eigenvalue weighted by Crippen LogP contribution is -2.30. The van der Waals surface area contributed by atoms with E-state index in [1.165, 1.54) is 0 Å². The molecule has 0 heterocycles. The fraction of sp³-hybridized carbons (Fsp3) is 1.00. The standard InChI is InChI=1S/C6H16N2.2ClH/c1-5(2)3-4-6(7)8;;/h5-6H,3-4,7-8H2,1-2H3;2*1H. The highest BCUT2D eigenvalue weighted by Gasteiger charge is 1.96. The Morgan fingerprint density at radius 1 is 1.00 bits per heavy atom. The number of nitrogens with two attached hydrogens (primary N) is 2. The topological polar surface area (TPSA) is 52.0 Å². The second-order valence-electron chi connectivity index (χ2n) is 2.64. The zero-order chi connectivity index (χ0) is 6.57. The van der Waals surface area contributed by atoms with Crippen molar-refractivity contribution in [3.05, 3.63) is 0 Å². The van der Waals surface area contributed by atoms with Gasteiger partial charge in [-0.3, -0.25) is 0 Å². The fourth-order valence-corrected chi connectivity index (χ4v) is 0.526. The van der Waals surface area contributed by atoms with Crippen LogP contribution < -0.4 is 11.5 Å². The van der Waals surface area contributed by atoms with E-state index in [2.05, 4.69) is 13.8 Å². The molecule has 4 heteroatoms. The molecule has 0 radical (unpaired) electrons. The van der Waals surface area contributed by atoms with Gasteiger partial charge in [-0.05, 0) is 18.8 Å². The van der Waals surface area contributed by atoms with Crippen LogP contribution in [-0.2, 0) is 0 Å². The Kier molecular flexibility index (Phi) is 16.0. The minimum Gasteiger partial charge on any atom is -0.316 e. The molecule has 0 saturated heterocycles. The van der Waals surface area contributed by atoms with Gasteiger partial charge in [-0.1, -0.05) is 13.8 Å². The van der Waals surface area contributed by atoms with Crippen molar-refractivity contribution in [2.75, 3.05) is 0 Å². The molecule has 66 valence electrons. The molecule has 0 atom stereocenters. The van der Waals surface area contributed by atoms with E-state index in [1.807, 2.05) is 0 Å². The summed E-state index contributed by atoms with van der Waals surface area (Å²) in [4.78, 5) is 0. The lowest BCUT2D eigenvalue weighted by Gasteiger charge is -2.05. The molecular weight excluding hydrogens is 171 g/mol. The summed E-state index contributed by atoms with van der Waals surface area (Å²) in [6.07, 6.45) is 1.97. The van der Waals surface area contributed by atoms with Crippen LogP contribution in [0.2, 0.25) is 0 Å². The molecule has 0 aromatic carbocycles. The molecule has 0 aromatic heterocycles. The van der Waals surface area contributed by atoms with Crippen molar-refractivity contribution in [2.24, 2.45) is 17.4 Å². The molecular formula is C6H18Cl2N2. The van der Waals surface area contributed by atoms with Crippen LogP contribution in [-0.4, -0.2) is 6.17 Å². The summed E-state index contributed by atoms with van der Waals surface area (Å²) >= 11 is 0. The van der Waals surface area contributed by atoms with Crippen LogP contribution in [0.4, 0.5) is 0 Å². The van der Waals surface area contributed by atoms with Gasteiger partial charge in [-0.25, -0.2) is 0 Å². The van der Waals surface area contributed by atoms with Crippen molar-refractivity contribution in [1.82, 2.24) is 0 Å². The van der Waals surface area contributed by atoms with Gasteiger partial charge in [0.1, 0.15) is 0 Å². The van der Waals surface area contributed by atoms with Gasteiger partial charge < -0.3 is 11.5 Å². The van der Waals surface area contributed by atoms with Gasteiger partial charge >= 0.3 is 0 Å². The minimum atomic E-state index is -0.114. The van der Waals surface area contributed by atoms with Gasteiger partial charge in [-0.15, -0.1) is 24.8 Å². The first kappa shape index (κ1) is 16.8. The Hall–Kier alpha value is 0.500. The third kappa shape index (κ3) is 15.8. The number of hydrogen-bond acceptors (Lipinski definition) is 2. The van der Waals surface area contributed by atoms with E-state index in [9.17, 15) is 0 Å². The van der Waals surface area contributed by atoms with E-state index in [0.29, 0.717) is 0 Å². The Bertz CT molecular complexity index is 49.7. The molecule has 0 spiro atoms. The molecule has 0 fully saturated rings. The fourth-order valence-electron chi connectivity index (χ4n) is 0.526. The first-order valence-electron chi connectivity index (χ1n) is 3.14. The summed E-state index contributed by atoms with van der Waals surface area (Å²) in [5.41, 5.74) is 10.6. The van der Waals surface area contributed by atoms with Crippen LogP contribution in [0.25, 0.3) is 0 Å². The lowest BCUT2D eigenvalue weighted by molar-refractivity contribution is 0.504. The number of halogens is 2. The zero-order valence-corrected chi connectivity index (χ0v) is 8.17. The molecule has 0 unspecified atom stereocenters.